The lowest BCUT2D eigenvalue weighted by Crippen LogP contribution is -2.42. The molecule has 2 aromatic rings. The van der Waals surface area contributed by atoms with Gasteiger partial charge in [-0.3, -0.25) is 4.90 Å². The Morgan fingerprint density at radius 3 is 2.74 bits per heavy atom. The van der Waals surface area contributed by atoms with Gasteiger partial charge >= 0.3 is 6.09 Å². The molecule has 6 heteroatoms. The second-order valence-electron chi connectivity index (χ2n) is 9.52. The zero-order valence-corrected chi connectivity index (χ0v) is 18.9. The molecular weight excluding hydrogens is 390 g/mol. The van der Waals surface area contributed by atoms with Gasteiger partial charge in [-0.2, -0.15) is 0 Å². The maximum Gasteiger partial charge on any atom is 0.414 e. The van der Waals surface area contributed by atoms with E-state index in [1.165, 1.54) is 69.0 Å². The average molecular weight is 426 g/mol. The van der Waals surface area contributed by atoms with Crippen molar-refractivity contribution in [1.82, 2.24) is 9.55 Å². The van der Waals surface area contributed by atoms with E-state index in [9.17, 15) is 4.79 Å². The molecule has 1 aromatic heterocycles. The van der Waals surface area contributed by atoms with Crippen LogP contribution in [0.15, 0.2) is 12.1 Å². The highest BCUT2D eigenvalue weighted by Crippen LogP contribution is 2.39. The third-order valence-corrected chi connectivity index (χ3v) is 7.55. The Kier molecular flexibility index (Phi) is 5.91. The van der Waals surface area contributed by atoms with E-state index >= 15 is 0 Å². The Balaban J connectivity index is 1.57. The van der Waals surface area contributed by atoms with Gasteiger partial charge < -0.3 is 14.0 Å². The Labute approximate surface area is 184 Å². The van der Waals surface area contributed by atoms with Gasteiger partial charge in [-0.15, -0.1) is 0 Å². The normalized spacial score (nSPS) is 24.5. The predicted molar refractivity (Wildman–Crippen MR) is 122 cm³/mol. The highest BCUT2D eigenvalue weighted by molar-refractivity contribution is 5.95. The van der Waals surface area contributed by atoms with Crippen molar-refractivity contribution in [3.63, 3.8) is 0 Å². The van der Waals surface area contributed by atoms with E-state index in [0.717, 1.165) is 43.5 Å². The summed E-state index contributed by atoms with van der Waals surface area (Å²) in [6, 6.07) is 4.99. The van der Waals surface area contributed by atoms with Crippen LogP contribution in [0.1, 0.15) is 82.1 Å². The molecule has 0 N–H and O–H groups in total. The summed E-state index contributed by atoms with van der Waals surface area (Å²) >= 11 is 0. The van der Waals surface area contributed by atoms with Crippen LogP contribution >= 0.6 is 0 Å². The van der Waals surface area contributed by atoms with Gasteiger partial charge in [0, 0.05) is 30.7 Å². The van der Waals surface area contributed by atoms with Gasteiger partial charge in [-0.1, -0.05) is 19.3 Å². The Bertz CT molecular complexity index is 941. The van der Waals surface area contributed by atoms with Crippen molar-refractivity contribution in [3.8, 4) is 0 Å². The number of imidazole rings is 1. The number of benzene rings is 1. The minimum atomic E-state index is -0.280. The first-order valence-electron chi connectivity index (χ1n) is 12.2. The molecule has 5 rings (SSSR count). The zero-order chi connectivity index (χ0) is 21.4. The van der Waals surface area contributed by atoms with Crippen LogP contribution in [0.2, 0.25) is 0 Å². The quantitative estimate of drug-likeness (QED) is 0.643. The number of amides is 1. The summed E-state index contributed by atoms with van der Waals surface area (Å²) in [7, 11) is 1.46. The standard InChI is InChI=1S/C25H35N3O3/c1-17-10-12-20-21(27(17)25(29)30-2)13-14-22-24(20)26-23(15-11-19-9-6-16-31-19)28(22)18-7-4-3-5-8-18/h13-14,17-19H,3-12,15-16H2,1-2H3/t17-,19-/m0/s1. The monoisotopic (exact) mass is 425 g/mol. The van der Waals surface area contributed by atoms with E-state index in [0.29, 0.717) is 12.1 Å². The lowest BCUT2D eigenvalue weighted by atomic mass is 9.94. The van der Waals surface area contributed by atoms with E-state index in [4.69, 9.17) is 14.5 Å². The SMILES string of the molecule is COC(=O)N1c2ccc3c(nc(CC[C@@H]4CCCO4)n3C3CCCCC3)c2CC[C@@H]1C. The van der Waals surface area contributed by atoms with Gasteiger partial charge in [0.05, 0.1) is 29.9 Å². The average Bonchev–Trinajstić information content (AvgIpc) is 3.45. The maximum atomic E-state index is 12.5. The molecule has 1 aromatic carbocycles. The molecule has 0 bridgehead atoms. The summed E-state index contributed by atoms with van der Waals surface area (Å²) in [6.45, 7) is 3.00. The number of hydrogen-bond acceptors (Lipinski definition) is 4. The van der Waals surface area contributed by atoms with Crippen LogP contribution in [-0.2, 0) is 22.3 Å². The fourth-order valence-electron chi connectivity index (χ4n) is 5.91. The van der Waals surface area contributed by atoms with Crippen LogP contribution < -0.4 is 4.90 Å². The Morgan fingerprint density at radius 1 is 1.16 bits per heavy atom. The first-order valence-corrected chi connectivity index (χ1v) is 12.2. The number of carbonyl (C=O) groups is 1. The first kappa shape index (κ1) is 20.8. The smallest absolute Gasteiger partial charge is 0.414 e. The van der Waals surface area contributed by atoms with Crippen LogP contribution in [0.3, 0.4) is 0 Å². The van der Waals surface area contributed by atoms with Crippen molar-refractivity contribution in [2.45, 2.75) is 95.7 Å². The van der Waals surface area contributed by atoms with Crippen molar-refractivity contribution >= 4 is 22.8 Å². The molecule has 0 radical (unpaired) electrons. The van der Waals surface area contributed by atoms with Crippen molar-refractivity contribution in [2.24, 2.45) is 0 Å². The molecule has 3 aliphatic rings. The van der Waals surface area contributed by atoms with Gasteiger partial charge in [0.2, 0.25) is 0 Å². The second kappa shape index (κ2) is 8.81. The number of ether oxygens (including phenoxy) is 2. The van der Waals surface area contributed by atoms with E-state index < -0.39 is 0 Å². The molecule has 0 unspecified atom stereocenters. The number of fused-ring (bicyclic) bond motifs is 3. The van der Waals surface area contributed by atoms with Crippen LogP contribution in [0.5, 0.6) is 0 Å². The highest BCUT2D eigenvalue weighted by atomic mass is 16.5. The molecule has 31 heavy (non-hydrogen) atoms. The van der Waals surface area contributed by atoms with E-state index in [1.807, 2.05) is 4.90 Å². The lowest BCUT2D eigenvalue weighted by Gasteiger charge is -2.34. The van der Waals surface area contributed by atoms with Gasteiger partial charge in [-0.25, -0.2) is 9.78 Å². The number of rotatable bonds is 4. The number of aromatic nitrogens is 2. The third kappa shape index (κ3) is 3.84. The van der Waals surface area contributed by atoms with Crippen LogP contribution in [0.25, 0.3) is 11.0 Å². The number of nitrogens with zero attached hydrogens (tertiary/aromatic N) is 3. The molecule has 1 saturated heterocycles. The van der Waals surface area contributed by atoms with Crippen molar-refractivity contribution < 1.29 is 14.3 Å². The summed E-state index contributed by atoms with van der Waals surface area (Å²) < 4.78 is 13.5. The molecule has 3 heterocycles. The maximum absolute atomic E-state index is 12.5. The molecule has 6 nitrogen and oxygen atoms in total. The second-order valence-corrected chi connectivity index (χ2v) is 9.52. The number of aryl methyl sites for hydroxylation is 2. The predicted octanol–water partition coefficient (Wildman–Crippen LogP) is 5.56. The minimum Gasteiger partial charge on any atom is -0.452 e. The van der Waals surface area contributed by atoms with E-state index in [-0.39, 0.29) is 12.1 Å². The molecule has 2 atom stereocenters. The first-order chi connectivity index (χ1) is 15.2. The summed E-state index contributed by atoms with van der Waals surface area (Å²) in [6.07, 6.45) is 12.8. The molecule has 2 fully saturated rings. The summed E-state index contributed by atoms with van der Waals surface area (Å²) in [5.74, 6) is 1.20. The van der Waals surface area contributed by atoms with Crippen LogP contribution in [0, 0.1) is 0 Å². The van der Waals surface area contributed by atoms with Crippen molar-refractivity contribution in [3.05, 3.63) is 23.5 Å². The van der Waals surface area contributed by atoms with Gasteiger partial charge in [0.25, 0.3) is 0 Å². The van der Waals surface area contributed by atoms with Crippen LogP contribution in [0.4, 0.5) is 10.5 Å². The zero-order valence-electron chi connectivity index (χ0n) is 18.9. The fourth-order valence-corrected chi connectivity index (χ4v) is 5.91. The lowest BCUT2D eigenvalue weighted by molar-refractivity contribution is 0.104. The third-order valence-electron chi connectivity index (χ3n) is 7.55. The molecule has 168 valence electrons. The molecule has 2 aliphatic heterocycles. The van der Waals surface area contributed by atoms with E-state index in [1.54, 1.807) is 0 Å². The van der Waals surface area contributed by atoms with Gasteiger partial charge in [0.1, 0.15) is 5.82 Å². The molecule has 1 saturated carbocycles. The Morgan fingerprint density at radius 2 is 2.00 bits per heavy atom. The Hall–Kier alpha value is -2.08. The summed E-state index contributed by atoms with van der Waals surface area (Å²) in [5.41, 5.74) is 4.50. The minimum absolute atomic E-state index is 0.136. The number of carbonyl (C=O) groups excluding carboxylic acids is 1. The number of methoxy groups -OCH3 is 1. The number of hydrogen-bond donors (Lipinski definition) is 0. The fraction of sp³-hybridized carbons (Fsp3) is 0.680. The molecule has 1 amide bonds. The molecule has 0 spiro atoms. The molecule has 1 aliphatic carbocycles. The topological polar surface area (TPSA) is 56.6 Å². The molecular formula is C25H35N3O3. The van der Waals surface area contributed by atoms with E-state index in [2.05, 4.69) is 23.6 Å². The summed E-state index contributed by atoms with van der Waals surface area (Å²) in [4.78, 5) is 19.6. The number of anilines is 1. The van der Waals surface area contributed by atoms with Gasteiger partial charge in [-0.05, 0) is 64.0 Å². The van der Waals surface area contributed by atoms with Crippen LogP contribution in [-0.4, -0.2) is 41.5 Å². The van der Waals surface area contributed by atoms with Crippen molar-refractivity contribution in [1.29, 1.82) is 0 Å². The van der Waals surface area contributed by atoms with Gasteiger partial charge in [0.15, 0.2) is 0 Å². The van der Waals surface area contributed by atoms with Crippen molar-refractivity contribution in [2.75, 3.05) is 18.6 Å². The largest absolute Gasteiger partial charge is 0.452 e. The highest BCUT2D eigenvalue weighted by Gasteiger charge is 2.32. The summed E-state index contributed by atoms with van der Waals surface area (Å²) in [5, 5.41) is 0.